The molecule has 0 saturated carbocycles. The van der Waals surface area contributed by atoms with Gasteiger partial charge in [-0.05, 0) is 13.0 Å². The summed E-state index contributed by atoms with van der Waals surface area (Å²) in [6.07, 6.45) is 0.884. The van der Waals surface area contributed by atoms with Crippen molar-refractivity contribution >= 4 is 12.0 Å². The van der Waals surface area contributed by atoms with E-state index in [0.29, 0.717) is 5.56 Å². The van der Waals surface area contributed by atoms with Crippen LogP contribution in [-0.4, -0.2) is 17.2 Å². The molecule has 0 amide bonds. The highest BCUT2D eigenvalue weighted by Gasteiger charge is 2.01. The zero-order valence-corrected chi connectivity index (χ0v) is 6.69. The zero-order valence-electron chi connectivity index (χ0n) is 6.69. The first-order chi connectivity index (χ1) is 5.74. The van der Waals surface area contributed by atoms with Crippen molar-refractivity contribution in [2.45, 2.75) is 6.92 Å². The van der Waals surface area contributed by atoms with Crippen molar-refractivity contribution in [3.8, 4) is 0 Å². The number of aryl methyl sites for hydroxylation is 1. The lowest BCUT2D eigenvalue weighted by molar-refractivity contribution is 0.106. The Morgan fingerprint density at radius 3 is 2.92 bits per heavy atom. The fourth-order valence-electron chi connectivity index (χ4n) is 0.925. The minimum atomic E-state index is -0.291. The Labute approximate surface area is 70.3 Å². The first-order valence-corrected chi connectivity index (χ1v) is 3.52. The van der Waals surface area contributed by atoms with Crippen LogP contribution in [0.2, 0.25) is 0 Å². The van der Waals surface area contributed by atoms with Crippen LogP contribution in [0, 0.1) is 6.92 Å². The molecule has 12 heavy (non-hydrogen) atoms. The largest absolute Gasteiger partial charge is 0.411 e. The van der Waals surface area contributed by atoms with Crippen LogP contribution in [0.4, 0.5) is 0 Å². The van der Waals surface area contributed by atoms with E-state index in [2.05, 4.69) is 5.16 Å². The predicted octanol–water partition coefficient (Wildman–Crippen LogP) is 1.64. The van der Waals surface area contributed by atoms with E-state index in [9.17, 15) is 4.79 Å². The quantitative estimate of drug-likeness (QED) is 0.312. The minimum absolute atomic E-state index is 0.291. The molecule has 0 aliphatic rings. The SMILES string of the molecule is Cc1cccc(C(=O)C=NO)c1. The molecule has 0 saturated heterocycles. The van der Waals surface area contributed by atoms with Crippen LogP contribution in [0.15, 0.2) is 29.4 Å². The fourth-order valence-corrected chi connectivity index (χ4v) is 0.925. The second-order valence-corrected chi connectivity index (χ2v) is 2.48. The van der Waals surface area contributed by atoms with Gasteiger partial charge in [0.25, 0.3) is 0 Å². The van der Waals surface area contributed by atoms with E-state index in [1.807, 2.05) is 13.0 Å². The average Bonchev–Trinajstić information content (AvgIpc) is 2.05. The van der Waals surface area contributed by atoms with Crippen molar-refractivity contribution in [1.29, 1.82) is 0 Å². The lowest BCUT2D eigenvalue weighted by atomic mass is 10.1. The van der Waals surface area contributed by atoms with Gasteiger partial charge in [0.15, 0.2) is 0 Å². The standard InChI is InChI=1S/C9H9NO2/c1-7-3-2-4-8(5-7)9(11)6-10-12/h2-6,12H,1H3. The monoisotopic (exact) mass is 163 g/mol. The van der Waals surface area contributed by atoms with E-state index in [1.54, 1.807) is 18.2 Å². The van der Waals surface area contributed by atoms with Gasteiger partial charge in [-0.2, -0.15) is 0 Å². The van der Waals surface area contributed by atoms with E-state index in [1.165, 1.54) is 0 Å². The molecule has 0 aromatic heterocycles. The van der Waals surface area contributed by atoms with Gasteiger partial charge in [-0.1, -0.05) is 28.9 Å². The summed E-state index contributed by atoms with van der Waals surface area (Å²) in [6.45, 7) is 1.90. The summed E-state index contributed by atoms with van der Waals surface area (Å²) in [4.78, 5) is 11.1. The third kappa shape index (κ3) is 1.92. The second-order valence-electron chi connectivity index (χ2n) is 2.48. The maximum Gasteiger partial charge on any atom is 0.207 e. The van der Waals surface area contributed by atoms with Gasteiger partial charge in [0.1, 0.15) is 6.21 Å². The van der Waals surface area contributed by atoms with Crippen LogP contribution in [0.3, 0.4) is 0 Å². The van der Waals surface area contributed by atoms with Crippen molar-refractivity contribution in [2.75, 3.05) is 0 Å². The van der Waals surface area contributed by atoms with Crippen LogP contribution < -0.4 is 0 Å². The van der Waals surface area contributed by atoms with Gasteiger partial charge in [-0.25, -0.2) is 0 Å². The molecule has 0 aliphatic carbocycles. The number of carbonyl (C=O) groups is 1. The molecule has 0 spiro atoms. The van der Waals surface area contributed by atoms with Gasteiger partial charge in [0, 0.05) is 5.56 Å². The molecule has 62 valence electrons. The van der Waals surface area contributed by atoms with Gasteiger partial charge < -0.3 is 5.21 Å². The molecule has 1 aromatic carbocycles. The number of hydrogen-bond donors (Lipinski definition) is 1. The molecule has 3 heteroatoms. The first kappa shape index (κ1) is 8.46. The number of rotatable bonds is 2. The molecule has 0 heterocycles. The number of benzene rings is 1. The predicted molar refractivity (Wildman–Crippen MR) is 45.8 cm³/mol. The highest BCUT2D eigenvalue weighted by Crippen LogP contribution is 2.03. The van der Waals surface area contributed by atoms with Crippen molar-refractivity contribution < 1.29 is 10.0 Å². The molecule has 0 aliphatic heterocycles. The maximum absolute atomic E-state index is 11.1. The Morgan fingerprint density at radius 1 is 1.58 bits per heavy atom. The third-order valence-electron chi connectivity index (χ3n) is 1.48. The zero-order chi connectivity index (χ0) is 8.97. The Hall–Kier alpha value is -1.64. The average molecular weight is 163 g/mol. The summed E-state index contributed by atoms with van der Waals surface area (Å²) in [6, 6.07) is 7.10. The molecular formula is C9H9NO2. The maximum atomic E-state index is 11.1. The van der Waals surface area contributed by atoms with E-state index >= 15 is 0 Å². The summed E-state index contributed by atoms with van der Waals surface area (Å²) in [7, 11) is 0. The van der Waals surface area contributed by atoms with E-state index in [0.717, 1.165) is 11.8 Å². The second kappa shape index (κ2) is 3.67. The molecular weight excluding hydrogens is 154 g/mol. The molecule has 1 rings (SSSR count). The number of oxime groups is 1. The highest BCUT2D eigenvalue weighted by atomic mass is 16.4. The fraction of sp³-hybridized carbons (Fsp3) is 0.111. The molecule has 3 nitrogen and oxygen atoms in total. The summed E-state index contributed by atoms with van der Waals surface area (Å²) >= 11 is 0. The van der Waals surface area contributed by atoms with Crippen LogP contribution in [0.5, 0.6) is 0 Å². The summed E-state index contributed by atoms with van der Waals surface area (Å²) in [5, 5.41) is 10.8. The topological polar surface area (TPSA) is 49.7 Å². The Balaban J connectivity index is 2.96. The van der Waals surface area contributed by atoms with Crippen molar-refractivity contribution in [3.05, 3.63) is 35.4 Å². The Kier molecular flexibility index (Phi) is 2.58. The smallest absolute Gasteiger partial charge is 0.207 e. The normalized spacial score (nSPS) is 10.4. The van der Waals surface area contributed by atoms with Crippen LogP contribution >= 0.6 is 0 Å². The van der Waals surface area contributed by atoms with Crippen LogP contribution in [0.25, 0.3) is 0 Å². The Morgan fingerprint density at radius 2 is 2.33 bits per heavy atom. The highest BCUT2D eigenvalue weighted by molar-refractivity contribution is 6.35. The molecule has 1 N–H and O–H groups in total. The van der Waals surface area contributed by atoms with Crippen LogP contribution in [-0.2, 0) is 0 Å². The summed E-state index contributed by atoms with van der Waals surface area (Å²) in [5.41, 5.74) is 1.54. The molecule has 0 atom stereocenters. The lowest BCUT2D eigenvalue weighted by Gasteiger charge is -1.95. The molecule has 0 bridgehead atoms. The van der Waals surface area contributed by atoms with Crippen molar-refractivity contribution in [2.24, 2.45) is 5.16 Å². The number of hydrogen-bond acceptors (Lipinski definition) is 3. The van der Waals surface area contributed by atoms with E-state index < -0.39 is 0 Å². The van der Waals surface area contributed by atoms with Crippen molar-refractivity contribution in [1.82, 2.24) is 0 Å². The van der Waals surface area contributed by atoms with Crippen molar-refractivity contribution in [3.63, 3.8) is 0 Å². The number of ketones is 1. The minimum Gasteiger partial charge on any atom is -0.411 e. The van der Waals surface area contributed by atoms with E-state index in [-0.39, 0.29) is 5.78 Å². The van der Waals surface area contributed by atoms with Crippen LogP contribution in [0.1, 0.15) is 15.9 Å². The molecule has 0 radical (unpaired) electrons. The summed E-state index contributed by atoms with van der Waals surface area (Å²) < 4.78 is 0. The number of nitrogens with zero attached hydrogens (tertiary/aromatic N) is 1. The summed E-state index contributed by atoms with van der Waals surface area (Å²) in [5.74, 6) is -0.291. The number of Topliss-reactive ketones (excluding diaryl/α,β-unsaturated/α-hetero) is 1. The lowest BCUT2D eigenvalue weighted by Crippen LogP contribution is -1.99. The molecule has 0 fully saturated rings. The molecule has 1 aromatic rings. The van der Waals surface area contributed by atoms with E-state index in [4.69, 9.17) is 5.21 Å². The van der Waals surface area contributed by atoms with Gasteiger partial charge in [-0.3, -0.25) is 4.79 Å². The first-order valence-electron chi connectivity index (χ1n) is 3.52. The van der Waals surface area contributed by atoms with Gasteiger partial charge >= 0.3 is 0 Å². The molecule has 0 unspecified atom stereocenters. The third-order valence-corrected chi connectivity index (χ3v) is 1.48. The Bertz CT molecular complexity index is 318. The van der Waals surface area contributed by atoms with Gasteiger partial charge in [0.2, 0.25) is 5.78 Å². The van der Waals surface area contributed by atoms with Gasteiger partial charge in [0.05, 0.1) is 0 Å². The number of carbonyl (C=O) groups excluding carboxylic acids is 1. The van der Waals surface area contributed by atoms with Gasteiger partial charge in [-0.15, -0.1) is 0 Å².